The van der Waals surface area contributed by atoms with E-state index < -0.39 is 35.4 Å². The van der Waals surface area contributed by atoms with Crippen molar-refractivity contribution in [1.29, 1.82) is 0 Å². The maximum absolute atomic E-state index is 12.0. The van der Waals surface area contributed by atoms with Crippen LogP contribution in [-0.4, -0.2) is 51.2 Å². The molecule has 23 heavy (non-hydrogen) atoms. The highest BCUT2D eigenvalue weighted by atomic mass is 16.6. The van der Waals surface area contributed by atoms with E-state index in [2.05, 4.69) is 5.32 Å². The van der Waals surface area contributed by atoms with Gasteiger partial charge in [-0.1, -0.05) is 0 Å². The molecule has 0 saturated heterocycles. The Labute approximate surface area is 137 Å². The van der Waals surface area contributed by atoms with Gasteiger partial charge in [0.2, 0.25) is 0 Å². The van der Waals surface area contributed by atoms with E-state index in [9.17, 15) is 19.5 Å². The molecular formula is C16H28N2O5. The van der Waals surface area contributed by atoms with Crippen LogP contribution >= 0.6 is 0 Å². The van der Waals surface area contributed by atoms with Crippen molar-refractivity contribution in [1.82, 2.24) is 10.2 Å². The van der Waals surface area contributed by atoms with Gasteiger partial charge in [-0.15, -0.1) is 0 Å². The molecule has 7 nitrogen and oxygen atoms in total. The number of Topliss-reactive ketones (excluding diaryl/α,β-unsaturated/α-hetero) is 1. The summed E-state index contributed by atoms with van der Waals surface area (Å²) in [5, 5.41) is 12.3. The van der Waals surface area contributed by atoms with Crippen molar-refractivity contribution in [2.75, 3.05) is 0 Å². The second-order valence-corrected chi connectivity index (χ2v) is 7.92. The zero-order valence-corrected chi connectivity index (χ0v) is 14.8. The quantitative estimate of drug-likeness (QED) is 0.812. The first-order valence-electron chi connectivity index (χ1n) is 7.85. The number of amides is 2. The number of rotatable bonds is 2. The van der Waals surface area contributed by atoms with Crippen LogP contribution in [0.5, 0.6) is 0 Å². The van der Waals surface area contributed by atoms with Gasteiger partial charge >= 0.3 is 12.2 Å². The van der Waals surface area contributed by atoms with Crippen LogP contribution in [-0.2, 0) is 9.53 Å². The Hall–Kier alpha value is -1.79. The summed E-state index contributed by atoms with van der Waals surface area (Å²) in [5.41, 5.74) is -1.32. The maximum Gasteiger partial charge on any atom is 0.408 e. The largest absolute Gasteiger partial charge is 0.465 e. The van der Waals surface area contributed by atoms with E-state index in [1.165, 1.54) is 4.90 Å². The summed E-state index contributed by atoms with van der Waals surface area (Å²) in [6.07, 6.45) is -0.865. The Morgan fingerprint density at radius 3 is 2.22 bits per heavy atom. The number of carboxylic acid groups (broad SMARTS) is 1. The van der Waals surface area contributed by atoms with Crippen molar-refractivity contribution in [2.45, 2.75) is 84.0 Å². The second kappa shape index (κ2) is 6.76. The molecule has 132 valence electrons. The van der Waals surface area contributed by atoms with E-state index >= 15 is 0 Å². The van der Waals surface area contributed by atoms with Gasteiger partial charge in [-0.3, -0.25) is 9.69 Å². The van der Waals surface area contributed by atoms with Crippen molar-refractivity contribution in [2.24, 2.45) is 0 Å². The number of hydrogen-bond acceptors (Lipinski definition) is 4. The summed E-state index contributed by atoms with van der Waals surface area (Å²) in [5.74, 6) is 0.00717. The third kappa shape index (κ3) is 5.73. The molecule has 0 aromatic rings. The van der Waals surface area contributed by atoms with Crippen molar-refractivity contribution >= 4 is 18.0 Å². The predicted octanol–water partition coefficient (Wildman–Crippen LogP) is 2.78. The Bertz CT molecular complexity index is 476. The zero-order valence-electron chi connectivity index (χ0n) is 14.8. The summed E-state index contributed by atoms with van der Waals surface area (Å²) in [6.45, 7) is 10.6. The maximum atomic E-state index is 12.0. The molecule has 2 atom stereocenters. The molecule has 1 rings (SSSR count). The topological polar surface area (TPSA) is 95.9 Å². The Morgan fingerprint density at radius 2 is 1.78 bits per heavy atom. The highest BCUT2D eigenvalue weighted by Crippen LogP contribution is 2.27. The third-order valence-corrected chi connectivity index (χ3v) is 3.60. The van der Waals surface area contributed by atoms with E-state index in [0.29, 0.717) is 12.8 Å². The molecule has 1 saturated carbocycles. The molecule has 0 aromatic heterocycles. The summed E-state index contributed by atoms with van der Waals surface area (Å²) in [4.78, 5) is 36.8. The molecule has 2 amide bonds. The molecule has 0 aromatic carbocycles. The van der Waals surface area contributed by atoms with E-state index in [0.717, 1.165) is 0 Å². The number of nitrogens with one attached hydrogen (secondary N) is 1. The minimum atomic E-state index is -1.10. The first-order valence-corrected chi connectivity index (χ1v) is 7.85. The van der Waals surface area contributed by atoms with Gasteiger partial charge in [-0.2, -0.15) is 0 Å². The standard InChI is InChI=1S/C16H28N2O5/c1-15(2,3)18(14(21)22)12-9-10(19)7-8-11(12)17-13(20)23-16(4,5)6/h11-12H,7-9H2,1-6H3,(H,17,20)(H,21,22)/t11-,12+/m0/s1. The fourth-order valence-electron chi connectivity index (χ4n) is 2.81. The van der Waals surface area contributed by atoms with Crippen LogP contribution in [0.3, 0.4) is 0 Å². The van der Waals surface area contributed by atoms with Crippen molar-refractivity contribution < 1.29 is 24.2 Å². The number of carbonyl (C=O) groups excluding carboxylic acids is 2. The number of nitrogens with zero attached hydrogens (tertiary/aromatic N) is 1. The zero-order chi connectivity index (χ0) is 18.0. The fourth-order valence-corrected chi connectivity index (χ4v) is 2.81. The lowest BCUT2D eigenvalue weighted by molar-refractivity contribution is -0.123. The lowest BCUT2D eigenvalue weighted by atomic mass is 9.86. The summed E-state index contributed by atoms with van der Waals surface area (Å²) < 4.78 is 5.24. The summed E-state index contributed by atoms with van der Waals surface area (Å²) in [7, 11) is 0. The molecule has 0 radical (unpaired) electrons. The molecule has 0 unspecified atom stereocenters. The van der Waals surface area contributed by atoms with E-state index in [4.69, 9.17) is 4.74 Å². The van der Waals surface area contributed by atoms with Crippen LogP contribution < -0.4 is 5.32 Å². The number of hydrogen-bond donors (Lipinski definition) is 2. The van der Waals surface area contributed by atoms with Crippen LogP contribution in [0.15, 0.2) is 0 Å². The Balaban J connectivity index is 2.97. The van der Waals surface area contributed by atoms with Crippen LogP contribution in [0.2, 0.25) is 0 Å². The molecule has 7 heteroatoms. The van der Waals surface area contributed by atoms with Crippen LogP contribution in [0.1, 0.15) is 60.8 Å². The van der Waals surface area contributed by atoms with Gasteiger partial charge in [0.15, 0.2) is 0 Å². The third-order valence-electron chi connectivity index (χ3n) is 3.60. The van der Waals surface area contributed by atoms with Crippen LogP contribution in [0.25, 0.3) is 0 Å². The highest BCUT2D eigenvalue weighted by molar-refractivity contribution is 5.81. The lowest BCUT2D eigenvalue weighted by Crippen LogP contribution is -2.61. The number of ether oxygens (including phenoxy) is 1. The molecule has 0 bridgehead atoms. The molecule has 0 spiro atoms. The molecule has 1 aliphatic rings. The number of alkyl carbamates (subject to hydrolysis) is 1. The second-order valence-electron chi connectivity index (χ2n) is 7.92. The normalized spacial score (nSPS) is 22.4. The van der Waals surface area contributed by atoms with E-state index in [1.54, 1.807) is 41.5 Å². The van der Waals surface area contributed by atoms with Gasteiger partial charge in [0.25, 0.3) is 0 Å². The van der Waals surface area contributed by atoms with Crippen LogP contribution in [0, 0.1) is 0 Å². The minimum absolute atomic E-state index is 0.00717. The summed E-state index contributed by atoms with van der Waals surface area (Å²) in [6, 6.07) is -1.04. The summed E-state index contributed by atoms with van der Waals surface area (Å²) >= 11 is 0. The molecular weight excluding hydrogens is 300 g/mol. The number of ketones is 1. The minimum Gasteiger partial charge on any atom is -0.465 e. The van der Waals surface area contributed by atoms with E-state index in [1.807, 2.05) is 0 Å². The first-order chi connectivity index (χ1) is 10.3. The first kappa shape index (κ1) is 19.3. The fraction of sp³-hybridized carbons (Fsp3) is 0.812. The van der Waals surface area contributed by atoms with Gasteiger partial charge < -0.3 is 15.2 Å². The molecule has 1 aliphatic carbocycles. The SMILES string of the molecule is CC(C)(C)OC(=O)N[C@H]1CCC(=O)C[C@H]1N(C(=O)O)C(C)(C)C. The Kier molecular flexibility index (Phi) is 5.66. The lowest BCUT2D eigenvalue weighted by Gasteiger charge is -2.44. The molecule has 1 fully saturated rings. The van der Waals surface area contributed by atoms with Gasteiger partial charge in [-0.25, -0.2) is 9.59 Å². The van der Waals surface area contributed by atoms with Crippen LogP contribution in [0.4, 0.5) is 9.59 Å². The van der Waals surface area contributed by atoms with Gasteiger partial charge in [0, 0.05) is 18.4 Å². The van der Waals surface area contributed by atoms with Gasteiger partial charge in [0.05, 0.1) is 12.1 Å². The highest BCUT2D eigenvalue weighted by Gasteiger charge is 2.42. The van der Waals surface area contributed by atoms with Gasteiger partial charge in [0.1, 0.15) is 11.4 Å². The van der Waals surface area contributed by atoms with Crippen molar-refractivity contribution in [3.8, 4) is 0 Å². The molecule has 0 aliphatic heterocycles. The smallest absolute Gasteiger partial charge is 0.408 e. The van der Waals surface area contributed by atoms with Crippen molar-refractivity contribution in [3.63, 3.8) is 0 Å². The monoisotopic (exact) mass is 328 g/mol. The number of carbonyl (C=O) groups is 3. The average Bonchev–Trinajstić information content (AvgIpc) is 2.27. The van der Waals surface area contributed by atoms with Gasteiger partial charge in [-0.05, 0) is 48.0 Å². The average molecular weight is 328 g/mol. The molecule has 0 heterocycles. The Morgan fingerprint density at radius 1 is 1.22 bits per heavy atom. The van der Waals surface area contributed by atoms with Crippen molar-refractivity contribution in [3.05, 3.63) is 0 Å². The van der Waals surface area contributed by atoms with E-state index in [-0.39, 0.29) is 12.2 Å². The molecule has 2 N–H and O–H groups in total. The predicted molar refractivity (Wildman–Crippen MR) is 85.4 cm³/mol.